The number of carbonyl (C=O) groups excluding carboxylic acids is 1. The summed E-state index contributed by atoms with van der Waals surface area (Å²) < 4.78 is 10.8. The zero-order chi connectivity index (χ0) is 16.2. The largest absolute Gasteiger partial charge is 0.481 e. The van der Waals surface area contributed by atoms with Gasteiger partial charge in [0.15, 0.2) is 0 Å². The van der Waals surface area contributed by atoms with Gasteiger partial charge in [0.2, 0.25) is 0 Å². The van der Waals surface area contributed by atoms with Crippen LogP contribution in [-0.2, 0) is 4.74 Å². The van der Waals surface area contributed by atoms with Crippen LogP contribution >= 0.6 is 12.2 Å². The van der Waals surface area contributed by atoms with Gasteiger partial charge in [-0.05, 0) is 36.8 Å². The second kappa shape index (κ2) is 6.62. The molecule has 23 heavy (non-hydrogen) atoms. The highest BCUT2D eigenvalue weighted by Gasteiger charge is 2.21. The van der Waals surface area contributed by atoms with Gasteiger partial charge in [-0.3, -0.25) is 0 Å². The summed E-state index contributed by atoms with van der Waals surface area (Å²) in [7, 11) is 0. The van der Waals surface area contributed by atoms with Crippen molar-refractivity contribution in [3.05, 3.63) is 65.9 Å². The number of carbonyl (C=O) groups is 1. The van der Waals surface area contributed by atoms with Crippen molar-refractivity contribution in [3.8, 4) is 5.75 Å². The molecule has 1 aliphatic heterocycles. The minimum Gasteiger partial charge on any atom is -0.481 e. The summed E-state index contributed by atoms with van der Waals surface area (Å²) in [6, 6.07) is 14.7. The highest BCUT2D eigenvalue weighted by atomic mass is 32.1. The number of ether oxygens (including phenoxy) is 2. The van der Waals surface area contributed by atoms with Gasteiger partial charge in [-0.25, -0.2) is 4.79 Å². The first kappa shape index (κ1) is 15.2. The lowest BCUT2D eigenvalue weighted by molar-refractivity contribution is 0.0665. The Labute approximate surface area is 139 Å². The molecule has 2 aromatic rings. The predicted octanol–water partition coefficient (Wildman–Crippen LogP) is 4.03. The van der Waals surface area contributed by atoms with Crippen LogP contribution in [0.4, 0.5) is 5.69 Å². The summed E-state index contributed by atoms with van der Waals surface area (Å²) in [5, 5.41) is 3.07. The minimum atomic E-state index is -0.439. The fourth-order valence-electron chi connectivity index (χ4n) is 2.14. The number of esters is 1. The molecule has 0 aliphatic carbocycles. The Balaban J connectivity index is 1.70. The summed E-state index contributed by atoms with van der Waals surface area (Å²) in [5.41, 5.74) is 2.06. The van der Waals surface area contributed by atoms with Gasteiger partial charge in [0.25, 0.3) is 0 Å². The first-order valence-electron chi connectivity index (χ1n) is 7.17. The van der Waals surface area contributed by atoms with Crippen molar-refractivity contribution >= 4 is 34.9 Å². The van der Waals surface area contributed by atoms with E-state index in [1.807, 2.05) is 37.3 Å². The monoisotopic (exact) mass is 325 g/mol. The number of anilines is 1. The second-order valence-corrected chi connectivity index (χ2v) is 5.52. The molecule has 4 nitrogen and oxygen atoms in total. The van der Waals surface area contributed by atoms with Crippen molar-refractivity contribution in [1.29, 1.82) is 0 Å². The lowest BCUT2D eigenvalue weighted by Crippen LogP contribution is -2.33. The Kier molecular flexibility index (Phi) is 4.39. The number of fused-ring (bicyclic) bond motifs is 1. The van der Waals surface area contributed by atoms with E-state index in [9.17, 15) is 4.79 Å². The van der Waals surface area contributed by atoms with E-state index >= 15 is 0 Å². The van der Waals surface area contributed by atoms with Crippen molar-refractivity contribution in [3.63, 3.8) is 0 Å². The summed E-state index contributed by atoms with van der Waals surface area (Å²) in [6.45, 7) is 1.87. The highest BCUT2D eigenvalue weighted by Crippen LogP contribution is 2.31. The van der Waals surface area contributed by atoms with Crippen LogP contribution in [0.25, 0.3) is 6.08 Å². The van der Waals surface area contributed by atoms with Crippen molar-refractivity contribution < 1.29 is 14.3 Å². The molecule has 1 N–H and O–H groups in total. The molecule has 3 rings (SSSR count). The Morgan fingerprint density at radius 1 is 1.26 bits per heavy atom. The van der Waals surface area contributed by atoms with Crippen molar-refractivity contribution in [2.75, 3.05) is 5.32 Å². The molecule has 0 radical (unpaired) electrons. The lowest BCUT2D eigenvalue weighted by Gasteiger charge is -2.25. The minimum absolute atomic E-state index is 0.177. The van der Waals surface area contributed by atoms with Crippen molar-refractivity contribution in [2.45, 2.75) is 13.0 Å². The average molecular weight is 325 g/mol. The molecule has 0 amide bonds. The molecule has 1 atom stereocenters. The molecule has 0 saturated heterocycles. The number of hydrogen-bond donors (Lipinski definition) is 1. The maximum atomic E-state index is 12.1. The van der Waals surface area contributed by atoms with Crippen LogP contribution in [0.15, 0.2) is 54.8 Å². The molecule has 1 heterocycles. The normalized spacial score (nSPS) is 16.4. The number of thiocarbonyl (C=S) groups is 1. The van der Waals surface area contributed by atoms with E-state index in [1.54, 1.807) is 24.3 Å². The molecule has 1 aliphatic rings. The van der Waals surface area contributed by atoms with Crippen LogP contribution in [0.3, 0.4) is 0 Å². The number of nitrogens with one attached hydrogen (secondary N) is 1. The molecule has 0 aromatic heterocycles. The molecule has 1 unspecified atom stereocenters. The molecule has 0 fully saturated rings. The molecule has 2 aromatic carbocycles. The van der Waals surface area contributed by atoms with E-state index in [-0.39, 0.29) is 6.10 Å². The number of benzene rings is 2. The smallest absolute Gasteiger partial charge is 0.343 e. The Morgan fingerprint density at radius 3 is 2.83 bits per heavy atom. The summed E-state index contributed by atoms with van der Waals surface area (Å²) in [6.07, 6.45) is 2.94. The molecular formula is C18H15NO3S. The number of rotatable bonds is 3. The third-order valence-electron chi connectivity index (χ3n) is 3.38. The number of hydrogen-bond acceptors (Lipinski definition) is 4. The lowest BCUT2D eigenvalue weighted by atomic mass is 10.1. The van der Waals surface area contributed by atoms with Gasteiger partial charge in [-0.2, -0.15) is 0 Å². The molecule has 0 saturated carbocycles. The summed E-state index contributed by atoms with van der Waals surface area (Å²) in [4.78, 5) is 12.7. The van der Waals surface area contributed by atoms with E-state index < -0.39 is 5.97 Å². The van der Waals surface area contributed by atoms with Crippen LogP contribution in [0.2, 0.25) is 0 Å². The Bertz CT molecular complexity index is 771. The predicted molar refractivity (Wildman–Crippen MR) is 93.6 cm³/mol. The van der Waals surface area contributed by atoms with E-state index in [1.165, 1.54) is 6.26 Å². The van der Waals surface area contributed by atoms with Crippen LogP contribution in [-0.4, -0.2) is 17.1 Å². The first-order chi connectivity index (χ1) is 11.1. The van der Waals surface area contributed by atoms with Crippen LogP contribution < -0.4 is 10.1 Å². The van der Waals surface area contributed by atoms with Gasteiger partial charge >= 0.3 is 5.97 Å². The van der Waals surface area contributed by atoms with Crippen molar-refractivity contribution in [2.24, 2.45) is 0 Å². The van der Waals surface area contributed by atoms with Gasteiger partial charge in [0.05, 0.1) is 17.5 Å². The fraction of sp³-hybridized carbons (Fsp3) is 0.111. The SMILES string of the molecule is CC1Oc2ccc(C(=O)OC=Cc3ccccc3)cc2NC1=S. The molecule has 116 valence electrons. The Hall–Kier alpha value is -2.66. The van der Waals surface area contributed by atoms with E-state index in [4.69, 9.17) is 21.7 Å². The molecular weight excluding hydrogens is 310 g/mol. The molecule has 0 spiro atoms. The standard InChI is InChI=1S/C18H15NO3S/c1-12-17(23)19-15-11-14(7-8-16(15)22-12)18(20)21-10-9-13-5-3-2-4-6-13/h2-12H,1H3,(H,19,23). The van der Waals surface area contributed by atoms with Gasteiger partial charge in [-0.1, -0.05) is 42.5 Å². The highest BCUT2D eigenvalue weighted by molar-refractivity contribution is 7.80. The van der Waals surface area contributed by atoms with Gasteiger partial charge in [-0.15, -0.1) is 0 Å². The zero-order valence-electron chi connectivity index (χ0n) is 12.5. The van der Waals surface area contributed by atoms with Gasteiger partial charge in [0, 0.05) is 0 Å². The molecule has 0 bridgehead atoms. The Morgan fingerprint density at radius 2 is 2.04 bits per heavy atom. The fourth-order valence-corrected chi connectivity index (χ4v) is 2.30. The van der Waals surface area contributed by atoms with Crippen molar-refractivity contribution in [1.82, 2.24) is 0 Å². The zero-order valence-corrected chi connectivity index (χ0v) is 13.3. The quantitative estimate of drug-likeness (QED) is 0.524. The van der Waals surface area contributed by atoms with Crippen LogP contribution in [0.5, 0.6) is 5.75 Å². The maximum absolute atomic E-state index is 12.1. The first-order valence-corrected chi connectivity index (χ1v) is 7.58. The van der Waals surface area contributed by atoms with Crippen LogP contribution in [0.1, 0.15) is 22.8 Å². The van der Waals surface area contributed by atoms with Gasteiger partial charge in [0.1, 0.15) is 16.8 Å². The maximum Gasteiger partial charge on any atom is 0.343 e. The van der Waals surface area contributed by atoms with Gasteiger partial charge < -0.3 is 14.8 Å². The summed E-state index contributed by atoms with van der Waals surface area (Å²) >= 11 is 5.17. The summed E-state index contributed by atoms with van der Waals surface area (Å²) in [5.74, 6) is 0.230. The second-order valence-electron chi connectivity index (χ2n) is 5.08. The van der Waals surface area contributed by atoms with E-state index in [2.05, 4.69) is 5.32 Å². The average Bonchev–Trinajstić information content (AvgIpc) is 2.56. The topological polar surface area (TPSA) is 47.6 Å². The molecule has 5 heteroatoms. The van der Waals surface area contributed by atoms with E-state index in [0.717, 1.165) is 5.56 Å². The van der Waals surface area contributed by atoms with Crippen LogP contribution in [0, 0.1) is 0 Å². The van der Waals surface area contributed by atoms with E-state index in [0.29, 0.717) is 22.0 Å². The third-order valence-corrected chi connectivity index (χ3v) is 3.82. The third kappa shape index (κ3) is 3.57.